The molecule has 1 amide bonds. The van der Waals surface area contributed by atoms with E-state index in [-0.39, 0.29) is 12.2 Å². The Bertz CT molecular complexity index is 750. The van der Waals surface area contributed by atoms with Crippen molar-refractivity contribution < 1.29 is 23.8 Å². The second-order valence-electron chi connectivity index (χ2n) is 6.52. The van der Waals surface area contributed by atoms with Crippen molar-refractivity contribution in [3.63, 3.8) is 0 Å². The van der Waals surface area contributed by atoms with E-state index in [0.717, 1.165) is 0 Å². The van der Waals surface area contributed by atoms with E-state index in [2.05, 4.69) is 15.5 Å². The number of hydrogen-bond donors (Lipinski definition) is 3. The summed E-state index contributed by atoms with van der Waals surface area (Å²) in [6.45, 7) is 5.06. The first-order chi connectivity index (χ1) is 11.7. The predicted molar refractivity (Wildman–Crippen MR) is 88.5 cm³/mol. The van der Waals surface area contributed by atoms with E-state index >= 15 is 0 Å². The zero-order valence-electron chi connectivity index (χ0n) is 14.2. The summed E-state index contributed by atoms with van der Waals surface area (Å²) in [6, 6.07) is 4.53. The van der Waals surface area contributed by atoms with Crippen molar-refractivity contribution in [3.05, 3.63) is 41.8 Å². The number of benzene rings is 1. The Kier molecular flexibility index (Phi) is 5.41. The van der Waals surface area contributed by atoms with Crippen LogP contribution < -0.4 is 5.32 Å². The fourth-order valence-electron chi connectivity index (χ4n) is 2.20. The van der Waals surface area contributed by atoms with Gasteiger partial charge in [0, 0.05) is 17.5 Å². The first-order valence-electron chi connectivity index (χ1n) is 7.66. The number of carbonyl (C=O) groups is 2. The molecule has 134 valence electrons. The Labute approximate surface area is 144 Å². The Balaban J connectivity index is 2.16. The summed E-state index contributed by atoms with van der Waals surface area (Å²) in [5.41, 5.74) is 1.07. The molecule has 1 heterocycles. The van der Waals surface area contributed by atoms with Crippen molar-refractivity contribution in [2.45, 2.75) is 38.8 Å². The average Bonchev–Trinajstić information content (AvgIpc) is 2.93. The van der Waals surface area contributed by atoms with Crippen LogP contribution >= 0.6 is 0 Å². The zero-order valence-corrected chi connectivity index (χ0v) is 14.2. The summed E-state index contributed by atoms with van der Waals surface area (Å²) in [7, 11) is 0. The lowest BCUT2D eigenvalue weighted by molar-refractivity contribution is -0.139. The summed E-state index contributed by atoms with van der Waals surface area (Å²) in [5, 5.41) is 18.4. The van der Waals surface area contributed by atoms with Crippen LogP contribution in [0.15, 0.2) is 30.5 Å². The number of carbonyl (C=O) groups excluding carboxylic acids is 1. The average molecular weight is 349 g/mol. The highest BCUT2D eigenvalue weighted by Gasteiger charge is 2.25. The van der Waals surface area contributed by atoms with Crippen LogP contribution in [0.1, 0.15) is 26.3 Å². The maximum absolute atomic E-state index is 13.1. The number of hydrogen-bond acceptors (Lipinski definition) is 4. The summed E-state index contributed by atoms with van der Waals surface area (Å²) in [4.78, 5) is 23.3. The van der Waals surface area contributed by atoms with Gasteiger partial charge in [-0.05, 0) is 45.0 Å². The number of rotatable bonds is 5. The molecule has 0 saturated carbocycles. The number of nitrogens with zero attached hydrogens (tertiary/aromatic N) is 1. The van der Waals surface area contributed by atoms with Gasteiger partial charge >= 0.3 is 12.1 Å². The number of halogens is 1. The van der Waals surface area contributed by atoms with E-state index in [0.29, 0.717) is 16.8 Å². The van der Waals surface area contributed by atoms with Gasteiger partial charge in [0.2, 0.25) is 0 Å². The van der Waals surface area contributed by atoms with Gasteiger partial charge in [0.05, 0.1) is 11.9 Å². The molecule has 0 radical (unpaired) electrons. The molecule has 1 aromatic carbocycles. The monoisotopic (exact) mass is 349 g/mol. The molecule has 1 aromatic heterocycles. The highest BCUT2D eigenvalue weighted by molar-refractivity contribution is 5.80. The van der Waals surface area contributed by atoms with Gasteiger partial charge in [-0.15, -0.1) is 0 Å². The molecule has 0 aliphatic carbocycles. The Morgan fingerprint density at radius 2 is 1.96 bits per heavy atom. The Hall–Kier alpha value is -2.90. The number of alkyl carbamates (subject to hydrolysis) is 1. The largest absolute Gasteiger partial charge is 0.480 e. The highest BCUT2D eigenvalue weighted by Crippen LogP contribution is 2.22. The second kappa shape index (κ2) is 7.33. The normalized spacial score (nSPS) is 12.5. The van der Waals surface area contributed by atoms with Crippen molar-refractivity contribution in [2.75, 3.05) is 0 Å². The quantitative estimate of drug-likeness (QED) is 0.770. The lowest BCUT2D eigenvalue weighted by Gasteiger charge is -2.22. The lowest BCUT2D eigenvalue weighted by Crippen LogP contribution is -2.44. The third kappa shape index (κ3) is 5.30. The molecule has 1 atom stereocenters. The van der Waals surface area contributed by atoms with Gasteiger partial charge in [0.1, 0.15) is 17.5 Å². The van der Waals surface area contributed by atoms with Crippen LogP contribution in [0.25, 0.3) is 11.3 Å². The Morgan fingerprint density at radius 3 is 2.52 bits per heavy atom. The molecule has 25 heavy (non-hydrogen) atoms. The summed E-state index contributed by atoms with van der Waals surface area (Å²) in [6.07, 6.45) is 0.662. The number of carboxylic acids is 1. The maximum atomic E-state index is 13.1. The van der Waals surface area contributed by atoms with Gasteiger partial charge < -0.3 is 15.2 Å². The van der Waals surface area contributed by atoms with E-state index in [1.165, 1.54) is 18.3 Å². The molecule has 0 aliphatic rings. The number of aromatic nitrogens is 2. The zero-order chi connectivity index (χ0) is 18.6. The maximum Gasteiger partial charge on any atom is 0.408 e. The number of aromatic amines is 1. The van der Waals surface area contributed by atoms with Crippen LogP contribution in [0.2, 0.25) is 0 Å². The third-order valence-corrected chi connectivity index (χ3v) is 3.26. The van der Waals surface area contributed by atoms with Crippen LogP contribution in [-0.2, 0) is 16.0 Å². The molecule has 2 rings (SSSR count). The molecule has 1 unspecified atom stereocenters. The van der Waals surface area contributed by atoms with Crippen LogP contribution in [0.3, 0.4) is 0 Å². The van der Waals surface area contributed by atoms with Gasteiger partial charge in [-0.3, -0.25) is 5.10 Å². The van der Waals surface area contributed by atoms with Crippen LogP contribution in [-0.4, -0.2) is 39.0 Å². The van der Waals surface area contributed by atoms with Crippen molar-refractivity contribution in [3.8, 4) is 11.3 Å². The molecular formula is C17H20FN3O4. The molecule has 2 aromatic rings. The number of nitrogens with one attached hydrogen (secondary N) is 2. The number of H-pyrrole nitrogens is 1. The number of aliphatic carboxylic acids is 1. The fraction of sp³-hybridized carbons (Fsp3) is 0.353. The molecular weight excluding hydrogens is 329 g/mol. The minimum atomic E-state index is -1.20. The molecule has 3 N–H and O–H groups in total. The summed E-state index contributed by atoms with van der Waals surface area (Å²) >= 11 is 0. The molecule has 7 nitrogen and oxygen atoms in total. The SMILES string of the molecule is CC(C)(C)OC(=O)NC(Cc1cn[nH]c1-c1ccc(F)cc1)C(=O)O. The van der Waals surface area contributed by atoms with Crippen LogP contribution in [0.5, 0.6) is 0 Å². The summed E-state index contributed by atoms with van der Waals surface area (Å²) < 4.78 is 18.1. The van der Waals surface area contributed by atoms with Crippen LogP contribution in [0, 0.1) is 5.82 Å². The highest BCUT2D eigenvalue weighted by atomic mass is 19.1. The van der Waals surface area contributed by atoms with Crippen molar-refractivity contribution in [1.29, 1.82) is 0 Å². The number of carboxylic acid groups (broad SMARTS) is 1. The standard InChI is InChI=1S/C17H20FN3O4/c1-17(2,3)25-16(24)20-13(15(22)23)8-11-9-19-21-14(11)10-4-6-12(18)7-5-10/h4-7,9,13H,8H2,1-3H3,(H,19,21)(H,20,24)(H,22,23). The smallest absolute Gasteiger partial charge is 0.408 e. The fourth-order valence-corrected chi connectivity index (χ4v) is 2.20. The molecule has 0 bridgehead atoms. The van der Waals surface area contributed by atoms with E-state index < -0.39 is 23.7 Å². The van der Waals surface area contributed by atoms with E-state index in [4.69, 9.17) is 4.74 Å². The second-order valence-corrected chi connectivity index (χ2v) is 6.52. The van der Waals surface area contributed by atoms with Gasteiger partial charge in [-0.2, -0.15) is 5.10 Å². The Morgan fingerprint density at radius 1 is 1.32 bits per heavy atom. The predicted octanol–water partition coefficient (Wildman–Crippen LogP) is 2.74. The van der Waals surface area contributed by atoms with Crippen molar-refractivity contribution >= 4 is 12.1 Å². The molecule has 8 heteroatoms. The van der Waals surface area contributed by atoms with Crippen molar-refractivity contribution in [1.82, 2.24) is 15.5 Å². The topological polar surface area (TPSA) is 104 Å². The first-order valence-corrected chi connectivity index (χ1v) is 7.66. The number of ether oxygens (including phenoxy) is 1. The van der Waals surface area contributed by atoms with E-state index in [1.54, 1.807) is 32.9 Å². The summed E-state index contributed by atoms with van der Waals surface area (Å²) in [5.74, 6) is -1.57. The third-order valence-electron chi connectivity index (χ3n) is 3.26. The van der Waals surface area contributed by atoms with Gasteiger partial charge in [-0.25, -0.2) is 14.0 Å². The first kappa shape index (κ1) is 18.4. The molecule has 0 fully saturated rings. The minimum absolute atomic E-state index is 0.00220. The number of amides is 1. The minimum Gasteiger partial charge on any atom is -0.480 e. The van der Waals surface area contributed by atoms with Gasteiger partial charge in [0.25, 0.3) is 0 Å². The van der Waals surface area contributed by atoms with E-state index in [9.17, 15) is 19.1 Å². The molecule has 0 saturated heterocycles. The van der Waals surface area contributed by atoms with Gasteiger partial charge in [0.15, 0.2) is 0 Å². The molecule has 0 aliphatic heterocycles. The van der Waals surface area contributed by atoms with Crippen LogP contribution in [0.4, 0.5) is 9.18 Å². The van der Waals surface area contributed by atoms with Crippen molar-refractivity contribution in [2.24, 2.45) is 0 Å². The van der Waals surface area contributed by atoms with E-state index in [1.807, 2.05) is 0 Å². The molecule has 0 spiro atoms. The van der Waals surface area contributed by atoms with Gasteiger partial charge in [-0.1, -0.05) is 0 Å². The lowest BCUT2D eigenvalue weighted by atomic mass is 10.0.